The minimum atomic E-state index is -1.04. The fourth-order valence-electron chi connectivity index (χ4n) is 2.41. The van der Waals surface area contributed by atoms with Gasteiger partial charge in [0.25, 0.3) is 0 Å². The van der Waals surface area contributed by atoms with E-state index >= 15 is 0 Å². The van der Waals surface area contributed by atoms with E-state index in [1.807, 2.05) is 6.92 Å². The normalized spacial score (nSPS) is 12.8. The van der Waals surface area contributed by atoms with Crippen LogP contribution >= 0.6 is 0 Å². The number of carbonyl (C=O) groups excluding carboxylic acids is 1. The van der Waals surface area contributed by atoms with E-state index in [4.69, 9.17) is 5.11 Å². The lowest BCUT2D eigenvalue weighted by Gasteiger charge is -2.22. The Morgan fingerprint density at radius 3 is 2.40 bits per heavy atom. The zero-order valence-electron chi connectivity index (χ0n) is 12.6. The third kappa shape index (κ3) is 5.43. The second-order valence-corrected chi connectivity index (χ2v) is 6.47. The maximum absolute atomic E-state index is 12.0. The highest BCUT2D eigenvalue weighted by Gasteiger charge is 2.18. The molecule has 0 aliphatic carbocycles. The number of carboxylic acid groups (broad SMARTS) is 1. The molecule has 1 amide bonds. The second kappa shape index (κ2) is 6.55. The van der Waals surface area contributed by atoms with Gasteiger partial charge in [-0.15, -0.1) is 0 Å². The molecule has 0 aliphatic heterocycles. The van der Waals surface area contributed by atoms with Gasteiger partial charge in [0.05, 0.1) is 11.3 Å². The fraction of sp³-hybridized carbons (Fsp3) is 0.500. The number of hydrogen-bond acceptors (Lipinski definition) is 2. The van der Waals surface area contributed by atoms with E-state index in [0.29, 0.717) is 12.1 Å². The standard InChI is InChI=1S/C16H23NO3/c1-11(10-16(2,3)4)9-14(18)17-13-8-6-5-7-12(13)15(19)20/h5-8,11H,9-10H2,1-4H3,(H,17,18)(H,19,20). The van der Waals surface area contributed by atoms with Crippen LogP contribution in [0.2, 0.25) is 0 Å². The zero-order chi connectivity index (χ0) is 15.3. The van der Waals surface area contributed by atoms with Crippen molar-refractivity contribution in [2.75, 3.05) is 5.32 Å². The molecule has 1 aromatic carbocycles. The van der Waals surface area contributed by atoms with Gasteiger partial charge in [0.2, 0.25) is 5.91 Å². The van der Waals surface area contributed by atoms with Crippen molar-refractivity contribution in [1.82, 2.24) is 0 Å². The van der Waals surface area contributed by atoms with Crippen LogP contribution in [0.25, 0.3) is 0 Å². The number of hydrogen-bond donors (Lipinski definition) is 2. The third-order valence-electron chi connectivity index (χ3n) is 2.93. The molecule has 1 atom stereocenters. The number of carbonyl (C=O) groups is 2. The summed E-state index contributed by atoms with van der Waals surface area (Å²) in [6.45, 7) is 8.46. The van der Waals surface area contributed by atoms with Crippen LogP contribution in [0.3, 0.4) is 0 Å². The number of benzene rings is 1. The van der Waals surface area contributed by atoms with Gasteiger partial charge in [-0.2, -0.15) is 0 Å². The van der Waals surface area contributed by atoms with E-state index in [1.54, 1.807) is 18.2 Å². The number of anilines is 1. The Labute approximate surface area is 120 Å². The minimum Gasteiger partial charge on any atom is -0.478 e. The lowest BCUT2D eigenvalue weighted by Crippen LogP contribution is -2.20. The van der Waals surface area contributed by atoms with E-state index in [-0.39, 0.29) is 22.8 Å². The number of rotatable bonds is 5. The molecule has 1 rings (SSSR count). The molecule has 1 aromatic rings. The van der Waals surface area contributed by atoms with Crippen LogP contribution in [0.1, 0.15) is 50.9 Å². The topological polar surface area (TPSA) is 66.4 Å². The summed E-state index contributed by atoms with van der Waals surface area (Å²) in [6.07, 6.45) is 1.34. The average molecular weight is 277 g/mol. The summed E-state index contributed by atoms with van der Waals surface area (Å²) < 4.78 is 0. The first-order valence-corrected chi connectivity index (χ1v) is 6.81. The molecule has 0 aliphatic rings. The smallest absolute Gasteiger partial charge is 0.337 e. The van der Waals surface area contributed by atoms with Gasteiger partial charge in [-0.25, -0.2) is 4.79 Å². The van der Waals surface area contributed by atoms with E-state index in [9.17, 15) is 9.59 Å². The molecule has 0 saturated heterocycles. The van der Waals surface area contributed by atoms with Crippen LogP contribution in [-0.2, 0) is 4.79 Å². The zero-order valence-corrected chi connectivity index (χ0v) is 12.6. The number of amides is 1. The van der Waals surface area contributed by atoms with Crippen molar-refractivity contribution in [2.24, 2.45) is 11.3 Å². The van der Waals surface area contributed by atoms with E-state index in [2.05, 4.69) is 26.1 Å². The Balaban J connectivity index is 2.66. The highest BCUT2D eigenvalue weighted by molar-refractivity contribution is 6.00. The van der Waals surface area contributed by atoms with Gasteiger partial charge >= 0.3 is 5.97 Å². The van der Waals surface area contributed by atoms with Crippen molar-refractivity contribution in [3.05, 3.63) is 29.8 Å². The Kier molecular flexibility index (Phi) is 5.31. The average Bonchev–Trinajstić information content (AvgIpc) is 2.26. The first-order chi connectivity index (χ1) is 9.19. The molecule has 4 nitrogen and oxygen atoms in total. The summed E-state index contributed by atoms with van der Waals surface area (Å²) in [7, 11) is 0. The molecule has 0 aromatic heterocycles. The van der Waals surface area contributed by atoms with Crippen LogP contribution < -0.4 is 5.32 Å². The fourth-order valence-corrected chi connectivity index (χ4v) is 2.41. The Morgan fingerprint density at radius 1 is 1.25 bits per heavy atom. The predicted molar refractivity (Wildman–Crippen MR) is 79.9 cm³/mol. The van der Waals surface area contributed by atoms with E-state index < -0.39 is 5.97 Å². The van der Waals surface area contributed by atoms with Crippen molar-refractivity contribution in [3.8, 4) is 0 Å². The van der Waals surface area contributed by atoms with Gasteiger partial charge < -0.3 is 10.4 Å². The van der Waals surface area contributed by atoms with Gasteiger partial charge in [0.1, 0.15) is 0 Å². The molecule has 0 bridgehead atoms. The summed E-state index contributed by atoms with van der Waals surface area (Å²) in [5.74, 6) is -0.925. The van der Waals surface area contributed by atoms with Gasteiger partial charge in [-0.3, -0.25) is 4.79 Å². The number of aromatic carboxylic acids is 1. The molecule has 0 spiro atoms. The van der Waals surface area contributed by atoms with E-state index in [1.165, 1.54) is 6.07 Å². The molecule has 110 valence electrons. The Hall–Kier alpha value is -1.84. The summed E-state index contributed by atoms with van der Waals surface area (Å²) >= 11 is 0. The highest BCUT2D eigenvalue weighted by atomic mass is 16.4. The number of nitrogens with one attached hydrogen (secondary N) is 1. The lowest BCUT2D eigenvalue weighted by molar-refractivity contribution is -0.117. The number of carboxylic acids is 1. The Morgan fingerprint density at radius 2 is 1.85 bits per heavy atom. The maximum Gasteiger partial charge on any atom is 0.337 e. The summed E-state index contributed by atoms with van der Waals surface area (Å²) in [4.78, 5) is 23.0. The van der Waals surface area contributed by atoms with Crippen LogP contribution in [0.15, 0.2) is 24.3 Å². The highest BCUT2D eigenvalue weighted by Crippen LogP contribution is 2.26. The monoisotopic (exact) mass is 277 g/mol. The van der Waals surface area contributed by atoms with Gasteiger partial charge in [-0.05, 0) is 29.9 Å². The molecule has 0 radical (unpaired) electrons. The van der Waals surface area contributed by atoms with Crippen molar-refractivity contribution in [2.45, 2.75) is 40.5 Å². The maximum atomic E-state index is 12.0. The van der Waals surface area contributed by atoms with Gasteiger partial charge in [0.15, 0.2) is 0 Å². The van der Waals surface area contributed by atoms with Crippen LogP contribution in [0, 0.1) is 11.3 Å². The quantitative estimate of drug-likeness (QED) is 0.860. The summed E-state index contributed by atoms with van der Waals surface area (Å²) in [5.41, 5.74) is 0.649. The van der Waals surface area contributed by atoms with Crippen molar-refractivity contribution in [3.63, 3.8) is 0 Å². The van der Waals surface area contributed by atoms with Crippen molar-refractivity contribution < 1.29 is 14.7 Å². The molecule has 2 N–H and O–H groups in total. The van der Waals surface area contributed by atoms with Crippen LogP contribution in [0.5, 0.6) is 0 Å². The molecule has 20 heavy (non-hydrogen) atoms. The summed E-state index contributed by atoms with van der Waals surface area (Å²) in [6, 6.07) is 6.44. The third-order valence-corrected chi connectivity index (χ3v) is 2.93. The molecule has 4 heteroatoms. The molecule has 0 fully saturated rings. The van der Waals surface area contributed by atoms with Gasteiger partial charge in [-0.1, -0.05) is 39.8 Å². The SMILES string of the molecule is CC(CC(=O)Nc1ccccc1C(=O)O)CC(C)(C)C. The second-order valence-electron chi connectivity index (χ2n) is 6.47. The van der Waals surface area contributed by atoms with Crippen LogP contribution in [-0.4, -0.2) is 17.0 Å². The molecule has 1 unspecified atom stereocenters. The largest absolute Gasteiger partial charge is 0.478 e. The molecule has 0 saturated carbocycles. The minimum absolute atomic E-state index is 0.115. The molecular weight excluding hydrogens is 254 g/mol. The number of para-hydroxylation sites is 1. The van der Waals surface area contributed by atoms with Crippen molar-refractivity contribution >= 4 is 17.6 Å². The van der Waals surface area contributed by atoms with E-state index in [0.717, 1.165) is 6.42 Å². The first kappa shape index (κ1) is 16.2. The summed E-state index contributed by atoms with van der Waals surface area (Å²) in [5, 5.41) is 11.8. The lowest BCUT2D eigenvalue weighted by atomic mass is 9.84. The van der Waals surface area contributed by atoms with Crippen molar-refractivity contribution in [1.29, 1.82) is 0 Å². The molecule has 0 heterocycles. The van der Waals surface area contributed by atoms with Crippen LogP contribution in [0.4, 0.5) is 5.69 Å². The molecular formula is C16H23NO3. The van der Waals surface area contributed by atoms with Gasteiger partial charge in [0, 0.05) is 6.42 Å². The predicted octanol–water partition coefficient (Wildman–Crippen LogP) is 3.79. The first-order valence-electron chi connectivity index (χ1n) is 6.81. The Bertz CT molecular complexity index is 489.